The predicted octanol–water partition coefficient (Wildman–Crippen LogP) is 2.07. The highest BCUT2D eigenvalue weighted by Gasteiger charge is 2.08. The lowest BCUT2D eigenvalue weighted by Crippen LogP contribution is -2.17. The van der Waals surface area contributed by atoms with Crippen LogP contribution in [0.4, 0.5) is 0 Å². The maximum atomic E-state index is 10.9. The largest absolute Gasteiger partial charge is 0.285 e. The van der Waals surface area contributed by atoms with Gasteiger partial charge in [-0.25, -0.2) is 0 Å². The second kappa shape index (κ2) is 4.58. The molecule has 0 aliphatic rings. The fraction of sp³-hybridized carbons (Fsp3) is 0.625. The standard InChI is InChI=1S/C8H13ClOSi/c1-11(2,3)7-5-8(10)4-6-9/h4,6H2,1-3H3. The van der Waals surface area contributed by atoms with Crippen LogP contribution in [0.2, 0.25) is 19.6 Å². The quantitative estimate of drug-likeness (QED) is 0.369. The molecule has 0 saturated heterocycles. The molecule has 0 radical (unpaired) electrons. The van der Waals surface area contributed by atoms with E-state index in [2.05, 4.69) is 31.1 Å². The Morgan fingerprint density at radius 3 is 2.36 bits per heavy atom. The van der Waals surface area contributed by atoms with Crippen LogP contribution < -0.4 is 0 Å². The predicted molar refractivity (Wildman–Crippen MR) is 51.5 cm³/mol. The summed E-state index contributed by atoms with van der Waals surface area (Å²) in [5, 5.41) is 0. The minimum absolute atomic E-state index is 0.0394. The number of rotatable bonds is 2. The highest BCUT2D eigenvalue weighted by Crippen LogP contribution is 1.96. The van der Waals surface area contributed by atoms with Crippen LogP contribution in [0.25, 0.3) is 0 Å². The maximum Gasteiger partial charge on any atom is 0.206 e. The van der Waals surface area contributed by atoms with Crippen molar-refractivity contribution in [2.45, 2.75) is 26.1 Å². The van der Waals surface area contributed by atoms with Gasteiger partial charge in [-0.05, 0) is 5.92 Å². The summed E-state index contributed by atoms with van der Waals surface area (Å²) in [5.74, 6) is 2.95. The van der Waals surface area contributed by atoms with Crippen molar-refractivity contribution in [3.63, 3.8) is 0 Å². The molecule has 0 spiro atoms. The second-order valence-corrected chi connectivity index (χ2v) is 8.49. The van der Waals surface area contributed by atoms with Gasteiger partial charge in [0.25, 0.3) is 0 Å². The van der Waals surface area contributed by atoms with Gasteiger partial charge >= 0.3 is 0 Å². The second-order valence-electron chi connectivity index (χ2n) is 3.36. The van der Waals surface area contributed by atoms with Crippen molar-refractivity contribution in [1.29, 1.82) is 0 Å². The first-order valence-corrected chi connectivity index (χ1v) is 7.61. The number of carbonyl (C=O) groups is 1. The lowest BCUT2D eigenvalue weighted by Gasteiger charge is -2.02. The fourth-order valence-electron chi connectivity index (χ4n) is 0.406. The molecule has 0 aromatic carbocycles. The van der Waals surface area contributed by atoms with E-state index in [1.54, 1.807) is 0 Å². The van der Waals surface area contributed by atoms with Crippen LogP contribution >= 0.6 is 11.6 Å². The zero-order valence-electron chi connectivity index (χ0n) is 7.20. The summed E-state index contributed by atoms with van der Waals surface area (Å²) in [6.07, 6.45) is 0.374. The Labute approximate surface area is 74.1 Å². The maximum absolute atomic E-state index is 10.9. The van der Waals surface area contributed by atoms with Crippen molar-refractivity contribution in [2.75, 3.05) is 5.88 Å². The highest BCUT2D eigenvalue weighted by atomic mass is 35.5. The van der Waals surface area contributed by atoms with Crippen LogP contribution in [0.5, 0.6) is 0 Å². The van der Waals surface area contributed by atoms with Gasteiger partial charge in [-0.1, -0.05) is 19.6 Å². The van der Waals surface area contributed by atoms with Crippen molar-refractivity contribution in [1.82, 2.24) is 0 Å². The van der Waals surface area contributed by atoms with Crippen molar-refractivity contribution in [3.05, 3.63) is 0 Å². The van der Waals surface area contributed by atoms with Gasteiger partial charge in [-0.15, -0.1) is 17.1 Å². The molecule has 62 valence electrons. The van der Waals surface area contributed by atoms with E-state index in [0.29, 0.717) is 12.3 Å². The third kappa shape index (κ3) is 7.64. The fourth-order valence-corrected chi connectivity index (χ4v) is 1.09. The molecule has 0 aliphatic carbocycles. The molecule has 0 aliphatic heterocycles. The van der Waals surface area contributed by atoms with Crippen LogP contribution in [0.15, 0.2) is 0 Å². The first-order valence-electron chi connectivity index (χ1n) is 3.57. The van der Waals surface area contributed by atoms with E-state index < -0.39 is 8.07 Å². The van der Waals surface area contributed by atoms with E-state index >= 15 is 0 Å². The minimum atomic E-state index is -1.37. The van der Waals surface area contributed by atoms with Crippen molar-refractivity contribution in [2.24, 2.45) is 0 Å². The van der Waals surface area contributed by atoms with Crippen LogP contribution in [0.1, 0.15) is 6.42 Å². The molecule has 0 aromatic rings. The molecular weight excluding hydrogens is 176 g/mol. The molecule has 0 atom stereocenters. The molecule has 0 rings (SSSR count). The van der Waals surface area contributed by atoms with Crippen molar-refractivity contribution < 1.29 is 4.79 Å². The lowest BCUT2D eigenvalue weighted by atomic mass is 10.3. The molecular formula is C8H13ClOSi. The smallest absolute Gasteiger partial charge is 0.206 e. The van der Waals surface area contributed by atoms with Crippen LogP contribution in [0, 0.1) is 11.5 Å². The first-order chi connectivity index (χ1) is 4.95. The van der Waals surface area contributed by atoms with E-state index in [1.807, 2.05) is 0 Å². The average Bonchev–Trinajstić information content (AvgIpc) is 1.83. The number of hydrogen-bond acceptors (Lipinski definition) is 1. The number of hydrogen-bond donors (Lipinski definition) is 0. The summed E-state index contributed by atoms with van der Waals surface area (Å²) >= 11 is 5.37. The Morgan fingerprint density at radius 2 is 2.00 bits per heavy atom. The average molecular weight is 189 g/mol. The Kier molecular flexibility index (Phi) is 4.47. The van der Waals surface area contributed by atoms with Gasteiger partial charge in [0.15, 0.2) is 0 Å². The Hall–Kier alpha value is -0.263. The molecule has 0 saturated carbocycles. The molecule has 0 aromatic heterocycles. The summed E-state index contributed by atoms with van der Waals surface area (Å²) in [4.78, 5) is 10.9. The zero-order valence-corrected chi connectivity index (χ0v) is 8.96. The molecule has 0 fully saturated rings. The third-order valence-electron chi connectivity index (χ3n) is 0.898. The number of carbonyl (C=O) groups excluding carboxylic acids is 1. The summed E-state index contributed by atoms with van der Waals surface area (Å²) in [7, 11) is -1.37. The molecule has 0 amide bonds. The minimum Gasteiger partial charge on any atom is -0.285 e. The van der Waals surface area contributed by atoms with Gasteiger partial charge in [0.1, 0.15) is 8.07 Å². The van der Waals surface area contributed by atoms with E-state index in [4.69, 9.17) is 11.6 Å². The molecule has 0 bridgehead atoms. The van der Waals surface area contributed by atoms with Gasteiger partial charge in [0, 0.05) is 12.3 Å². The number of Topliss-reactive ketones (excluding diaryl/α,β-unsaturated/α-hetero) is 1. The summed E-state index contributed by atoms with van der Waals surface area (Å²) in [6.45, 7) is 6.32. The molecule has 3 heteroatoms. The van der Waals surface area contributed by atoms with Gasteiger partial charge in [0.2, 0.25) is 5.78 Å². The summed E-state index contributed by atoms with van der Waals surface area (Å²) in [5.41, 5.74) is 2.99. The summed E-state index contributed by atoms with van der Waals surface area (Å²) in [6, 6.07) is 0. The zero-order chi connectivity index (χ0) is 8.91. The van der Waals surface area contributed by atoms with Crippen LogP contribution in [-0.4, -0.2) is 19.7 Å². The number of halogens is 1. The van der Waals surface area contributed by atoms with Crippen molar-refractivity contribution in [3.8, 4) is 11.5 Å². The Bertz CT molecular complexity index is 194. The molecule has 0 unspecified atom stereocenters. The molecule has 1 nitrogen and oxygen atoms in total. The Balaban J connectivity index is 3.98. The topological polar surface area (TPSA) is 17.1 Å². The molecule has 11 heavy (non-hydrogen) atoms. The monoisotopic (exact) mass is 188 g/mol. The summed E-state index contributed by atoms with van der Waals surface area (Å²) < 4.78 is 0. The van der Waals surface area contributed by atoms with E-state index in [0.717, 1.165) is 0 Å². The van der Waals surface area contributed by atoms with Crippen LogP contribution in [-0.2, 0) is 4.79 Å². The highest BCUT2D eigenvalue weighted by molar-refractivity contribution is 6.84. The number of alkyl halides is 1. The molecule has 0 N–H and O–H groups in total. The van der Waals surface area contributed by atoms with Gasteiger partial charge in [-0.2, -0.15) is 0 Å². The molecule has 0 heterocycles. The SMILES string of the molecule is C[Si](C)(C)C#CC(=O)CCCl. The van der Waals surface area contributed by atoms with Gasteiger partial charge in [0.05, 0.1) is 0 Å². The van der Waals surface area contributed by atoms with Crippen molar-refractivity contribution >= 4 is 25.5 Å². The van der Waals surface area contributed by atoms with Gasteiger partial charge in [-0.3, -0.25) is 4.79 Å². The van der Waals surface area contributed by atoms with E-state index in [9.17, 15) is 4.79 Å². The Morgan fingerprint density at radius 1 is 1.45 bits per heavy atom. The van der Waals surface area contributed by atoms with Gasteiger partial charge < -0.3 is 0 Å². The van der Waals surface area contributed by atoms with E-state index in [-0.39, 0.29) is 5.78 Å². The van der Waals surface area contributed by atoms with E-state index in [1.165, 1.54) is 0 Å². The third-order valence-corrected chi connectivity index (χ3v) is 1.96. The lowest BCUT2D eigenvalue weighted by molar-refractivity contribution is -0.113. The normalized spacial score (nSPS) is 10.2. The number of ketones is 1. The first kappa shape index (κ1) is 10.7. The van der Waals surface area contributed by atoms with Crippen LogP contribution in [0.3, 0.4) is 0 Å².